The molecule has 28 heavy (non-hydrogen) atoms. The molecule has 5 nitrogen and oxygen atoms in total. The second kappa shape index (κ2) is 8.83. The number of carbonyl (C=O) groups is 1. The molecule has 5 heteroatoms. The molecule has 0 atom stereocenters. The van der Waals surface area contributed by atoms with Crippen molar-refractivity contribution in [2.75, 3.05) is 10.6 Å². The average molecular weight is 370 g/mol. The van der Waals surface area contributed by atoms with Gasteiger partial charge >= 0.3 is 0 Å². The molecule has 1 aromatic heterocycles. The highest BCUT2D eigenvalue weighted by atomic mass is 16.1. The lowest BCUT2D eigenvalue weighted by atomic mass is 10.0. The minimum absolute atomic E-state index is 0.250. The van der Waals surface area contributed by atoms with E-state index in [1.54, 1.807) is 36.5 Å². The third-order valence-corrected chi connectivity index (χ3v) is 4.54. The summed E-state index contributed by atoms with van der Waals surface area (Å²) in [6.07, 6.45) is 5.09. The van der Waals surface area contributed by atoms with Gasteiger partial charge in [0.15, 0.2) is 0 Å². The van der Waals surface area contributed by atoms with Gasteiger partial charge in [-0.1, -0.05) is 32.0 Å². The molecule has 2 aromatic carbocycles. The summed E-state index contributed by atoms with van der Waals surface area (Å²) in [4.78, 5) is 16.8. The number of aryl methyl sites for hydroxylation is 2. The Kier molecular flexibility index (Phi) is 6.03. The molecule has 0 aliphatic carbocycles. The van der Waals surface area contributed by atoms with Crippen LogP contribution in [0.15, 0.2) is 60.9 Å². The van der Waals surface area contributed by atoms with Crippen LogP contribution in [-0.2, 0) is 12.8 Å². The van der Waals surface area contributed by atoms with Crippen LogP contribution in [0.2, 0.25) is 0 Å². The third kappa shape index (κ3) is 4.36. The number of aromatic nitrogens is 1. The first-order chi connectivity index (χ1) is 13.6. The van der Waals surface area contributed by atoms with Gasteiger partial charge in [0.2, 0.25) is 0 Å². The number of rotatable bonds is 6. The number of nitriles is 1. The van der Waals surface area contributed by atoms with Crippen molar-refractivity contribution in [3.05, 3.63) is 83.2 Å². The van der Waals surface area contributed by atoms with Crippen LogP contribution in [0.25, 0.3) is 0 Å². The van der Waals surface area contributed by atoms with Crippen LogP contribution in [0.3, 0.4) is 0 Å². The van der Waals surface area contributed by atoms with E-state index in [1.165, 1.54) is 17.3 Å². The van der Waals surface area contributed by atoms with Gasteiger partial charge in [0.25, 0.3) is 5.91 Å². The van der Waals surface area contributed by atoms with E-state index in [-0.39, 0.29) is 5.91 Å². The molecule has 2 N–H and O–H groups in total. The first kappa shape index (κ1) is 19.1. The Balaban J connectivity index is 1.81. The number of anilines is 3. The summed E-state index contributed by atoms with van der Waals surface area (Å²) < 4.78 is 0. The average Bonchev–Trinajstić information content (AvgIpc) is 2.74. The summed E-state index contributed by atoms with van der Waals surface area (Å²) in [6.45, 7) is 4.25. The molecule has 1 heterocycles. The molecule has 0 saturated heterocycles. The first-order valence-corrected chi connectivity index (χ1v) is 9.29. The first-order valence-electron chi connectivity index (χ1n) is 9.29. The minimum Gasteiger partial charge on any atom is -0.354 e. The van der Waals surface area contributed by atoms with Gasteiger partial charge in [-0.25, -0.2) is 0 Å². The fourth-order valence-corrected chi connectivity index (χ4v) is 3.01. The Morgan fingerprint density at radius 2 is 1.68 bits per heavy atom. The third-order valence-electron chi connectivity index (χ3n) is 4.54. The van der Waals surface area contributed by atoms with Gasteiger partial charge < -0.3 is 10.6 Å². The van der Waals surface area contributed by atoms with Crippen LogP contribution in [0, 0.1) is 11.3 Å². The Labute approximate surface area is 165 Å². The van der Waals surface area contributed by atoms with Crippen molar-refractivity contribution in [2.24, 2.45) is 0 Å². The number of benzene rings is 2. The lowest BCUT2D eigenvalue weighted by Gasteiger charge is -2.15. The predicted molar refractivity (Wildman–Crippen MR) is 112 cm³/mol. The Bertz CT molecular complexity index is 997. The summed E-state index contributed by atoms with van der Waals surface area (Å²) >= 11 is 0. The van der Waals surface area contributed by atoms with Crippen molar-refractivity contribution in [3.63, 3.8) is 0 Å². The van der Waals surface area contributed by atoms with Crippen molar-refractivity contribution in [1.29, 1.82) is 5.26 Å². The standard InChI is InChI=1S/C23H22N4O/c1-3-17-6-5-7-18(4-2)22(17)26-21-12-19(14-25-15-21)23(28)27-20-10-8-16(13-24)9-11-20/h5-12,14-15,26H,3-4H2,1-2H3,(H,27,28). The summed E-state index contributed by atoms with van der Waals surface area (Å²) in [6, 6.07) is 16.9. The maximum atomic E-state index is 12.6. The number of para-hydroxylation sites is 1. The summed E-state index contributed by atoms with van der Waals surface area (Å²) in [5, 5.41) is 15.1. The van der Waals surface area contributed by atoms with E-state index in [2.05, 4.69) is 53.7 Å². The number of hydrogen-bond donors (Lipinski definition) is 2. The highest BCUT2D eigenvalue weighted by Gasteiger charge is 2.10. The van der Waals surface area contributed by atoms with Crippen LogP contribution < -0.4 is 10.6 Å². The summed E-state index contributed by atoms with van der Waals surface area (Å²) in [5.74, 6) is -0.250. The van der Waals surface area contributed by atoms with E-state index in [0.29, 0.717) is 16.8 Å². The summed E-state index contributed by atoms with van der Waals surface area (Å²) in [5.41, 5.74) is 5.95. The lowest BCUT2D eigenvalue weighted by Crippen LogP contribution is -2.12. The maximum Gasteiger partial charge on any atom is 0.257 e. The smallest absolute Gasteiger partial charge is 0.257 e. The zero-order valence-electron chi connectivity index (χ0n) is 16.0. The fraction of sp³-hybridized carbons (Fsp3) is 0.174. The Morgan fingerprint density at radius 3 is 2.29 bits per heavy atom. The molecule has 0 fully saturated rings. The molecule has 0 aliphatic heterocycles. The van der Waals surface area contributed by atoms with E-state index in [1.807, 2.05) is 0 Å². The lowest BCUT2D eigenvalue weighted by molar-refractivity contribution is 0.102. The Morgan fingerprint density at radius 1 is 1.00 bits per heavy atom. The van der Waals surface area contributed by atoms with E-state index in [9.17, 15) is 4.79 Å². The van der Waals surface area contributed by atoms with Gasteiger partial charge in [0, 0.05) is 17.6 Å². The molecule has 3 rings (SSSR count). The zero-order valence-corrected chi connectivity index (χ0v) is 16.0. The topological polar surface area (TPSA) is 77.8 Å². The van der Waals surface area contributed by atoms with Crippen molar-refractivity contribution < 1.29 is 4.79 Å². The van der Waals surface area contributed by atoms with E-state index >= 15 is 0 Å². The number of hydrogen-bond acceptors (Lipinski definition) is 4. The van der Waals surface area contributed by atoms with Crippen molar-refractivity contribution in [3.8, 4) is 6.07 Å². The van der Waals surface area contributed by atoms with Gasteiger partial charge in [0.05, 0.1) is 29.1 Å². The monoisotopic (exact) mass is 370 g/mol. The van der Waals surface area contributed by atoms with Gasteiger partial charge in [-0.15, -0.1) is 0 Å². The van der Waals surface area contributed by atoms with Crippen LogP contribution in [0.1, 0.15) is 40.9 Å². The van der Waals surface area contributed by atoms with E-state index in [0.717, 1.165) is 24.2 Å². The molecule has 0 spiro atoms. The SMILES string of the molecule is CCc1cccc(CC)c1Nc1cncc(C(=O)Nc2ccc(C#N)cc2)c1. The molecule has 0 aliphatic rings. The molecular formula is C23H22N4O. The number of nitrogens with one attached hydrogen (secondary N) is 2. The second-order valence-corrected chi connectivity index (χ2v) is 6.39. The van der Waals surface area contributed by atoms with Gasteiger partial charge in [0.1, 0.15) is 0 Å². The number of nitrogens with zero attached hydrogens (tertiary/aromatic N) is 2. The van der Waals surface area contributed by atoms with E-state index < -0.39 is 0 Å². The molecule has 0 unspecified atom stereocenters. The normalized spacial score (nSPS) is 10.2. The molecule has 0 radical (unpaired) electrons. The van der Waals surface area contributed by atoms with Crippen molar-refractivity contribution in [1.82, 2.24) is 4.98 Å². The highest BCUT2D eigenvalue weighted by molar-refractivity contribution is 6.04. The largest absolute Gasteiger partial charge is 0.354 e. The van der Waals surface area contributed by atoms with Crippen LogP contribution in [0.5, 0.6) is 0 Å². The second-order valence-electron chi connectivity index (χ2n) is 6.39. The number of amides is 1. The minimum atomic E-state index is -0.250. The number of pyridine rings is 1. The predicted octanol–water partition coefficient (Wildman–Crippen LogP) is 5.07. The fourth-order valence-electron chi connectivity index (χ4n) is 3.01. The van der Waals surface area contributed by atoms with Gasteiger partial charge in [-0.2, -0.15) is 5.26 Å². The molecule has 1 amide bonds. The molecule has 3 aromatic rings. The van der Waals surface area contributed by atoms with Gasteiger partial charge in [-0.05, 0) is 54.3 Å². The number of carbonyl (C=O) groups excluding carboxylic acids is 1. The van der Waals surface area contributed by atoms with Crippen molar-refractivity contribution in [2.45, 2.75) is 26.7 Å². The highest BCUT2D eigenvalue weighted by Crippen LogP contribution is 2.26. The zero-order chi connectivity index (χ0) is 19.9. The quantitative estimate of drug-likeness (QED) is 0.635. The van der Waals surface area contributed by atoms with Gasteiger partial charge in [-0.3, -0.25) is 9.78 Å². The molecule has 140 valence electrons. The Hall–Kier alpha value is -3.65. The van der Waals surface area contributed by atoms with Crippen LogP contribution in [0.4, 0.5) is 17.1 Å². The molecular weight excluding hydrogens is 348 g/mol. The summed E-state index contributed by atoms with van der Waals surface area (Å²) in [7, 11) is 0. The maximum absolute atomic E-state index is 12.6. The van der Waals surface area contributed by atoms with Crippen LogP contribution in [-0.4, -0.2) is 10.9 Å². The van der Waals surface area contributed by atoms with Crippen LogP contribution >= 0.6 is 0 Å². The van der Waals surface area contributed by atoms with E-state index in [4.69, 9.17) is 5.26 Å². The van der Waals surface area contributed by atoms with Crippen molar-refractivity contribution >= 4 is 23.0 Å². The molecule has 0 bridgehead atoms. The molecule has 0 saturated carbocycles.